The van der Waals surface area contributed by atoms with E-state index in [0.29, 0.717) is 12.0 Å². The third-order valence-electron chi connectivity index (χ3n) is 2.12. The lowest BCUT2D eigenvalue weighted by Crippen LogP contribution is -2.10. The van der Waals surface area contributed by atoms with E-state index in [-0.39, 0.29) is 0 Å². The van der Waals surface area contributed by atoms with Crippen molar-refractivity contribution in [3.8, 4) is 0 Å². The molecule has 0 amide bonds. The molecule has 1 heteroatoms. The van der Waals surface area contributed by atoms with Gasteiger partial charge in [-0.3, -0.25) is 4.99 Å². The minimum absolute atomic E-state index is 0.463. The molecule has 0 aromatic carbocycles. The van der Waals surface area contributed by atoms with Crippen LogP contribution in [-0.2, 0) is 0 Å². The van der Waals surface area contributed by atoms with Crippen LogP contribution in [0.1, 0.15) is 13.3 Å². The van der Waals surface area contributed by atoms with Crippen molar-refractivity contribution in [1.82, 2.24) is 0 Å². The zero-order chi connectivity index (χ0) is 6.97. The van der Waals surface area contributed by atoms with E-state index in [2.05, 4.69) is 36.2 Å². The van der Waals surface area contributed by atoms with Crippen LogP contribution in [0.5, 0.6) is 0 Å². The molecular formula is C9H11N. The molecule has 2 aliphatic rings. The van der Waals surface area contributed by atoms with Crippen LogP contribution in [0.25, 0.3) is 0 Å². The molecule has 0 fully saturated rings. The highest BCUT2D eigenvalue weighted by Crippen LogP contribution is 2.25. The molecule has 0 saturated heterocycles. The standard InChI is InChI=1S/C9H11N/c1-7-6-8-4-2-3-5-9(8)10-7/h2-5,8-9H,6H2,1H3/t8-,9+/m1/s1. The van der Waals surface area contributed by atoms with Gasteiger partial charge in [-0.2, -0.15) is 0 Å². The van der Waals surface area contributed by atoms with E-state index in [1.165, 1.54) is 5.71 Å². The maximum Gasteiger partial charge on any atom is 0.0748 e. The van der Waals surface area contributed by atoms with Gasteiger partial charge in [0.1, 0.15) is 0 Å². The van der Waals surface area contributed by atoms with Crippen LogP contribution in [0.15, 0.2) is 29.3 Å². The third-order valence-corrected chi connectivity index (χ3v) is 2.12. The van der Waals surface area contributed by atoms with Crippen molar-refractivity contribution in [3.63, 3.8) is 0 Å². The summed E-state index contributed by atoms with van der Waals surface area (Å²) in [4.78, 5) is 4.49. The smallest absolute Gasteiger partial charge is 0.0748 e. The maximum atomic E-state index is 4.49. The van der Waals surface area contributed by atoms with Crippen molar-refractivity contribution < 1.29 is 0 Å². The van der Waals surface area contributed by atoms with E-state index in [1.54, 1.807) is 0 Å². The van der Waals surface area contributed by atoms with Gasteiger partial charge in [0, 0.05) is 11.6 Å². The molecule has 10 heavy (non-hydrogen) atoms. The molecule has 1 aliphatic carbocycles. The fourth-order valence-electron chi connectivity index (χ4n) is 1.62. The van der Waals surface area contributed by atoms with E-state index in [0.717, 1.165) is 6.42 Å². The summed E-state index contributed by atoms with van der Waals surface area (Å²) in [7, 11) is 0. The zero-order valence-electron chi connectivity index (χ0n) is 6.12. The normalized spacial score (nSPS) is 35.9. The van der Waals surface area contributed by atoms with Gasteiger partial charge in [-0.15, -0.1) is 0 Å². The first-order valence-electron chi connectivity index (χ1n) is 3.74. The Morgan fingerprint density at radius 2 is 2.20 bits per heavy atom. The Labute approximate surface area is 61.2 Å². The fraction of sp³-hybridized carbons (Fsp3) is 0.444. The van der Waals surface area contributed by atoms with E-state index in [1.807, 2.05) is 0 Å². The summed E-state index contributed by atoms with van der Waals surface area (Å²) in [5.41, 5.74) is 1.30. The minimum atomic E-state index is 0.463. The highest BCUT2D eigenvalue weighted by atomic mass is 14.8. The summed E-state index contributed by atoms with van der Waals surface area (Å²) in [5.74, 6) is 0.671. The Bertz CT molecular complexity index is 223. The summed E-state index contributed by atoms with van der Waals surface area (Å²) < 4.78 is 0. The number of allylic oxidation sites excluding steroid dienone is 2. The second-order valence-electron chi connectivity index (χ2n) is 2.99. The molecule has 0 bridgehead atoms. The van der Waals surface area contributed by atoms with Gasteiger partial charge in [0.05, 0.1) is 6.04 Å². The minimum Gasteiger partial charge on any atom is -0.286 e. The number of hydrogen-bond acceptors (Lipinski definition) is 1. The Hall–Kier alpha value is -0.850. The number of aliphatic imine (C=N–C) groups is 1. The molecule has 2 rings (SSSR count). The van der Waals surface area contributed by atoms with Gasteiger partial charge >= 0.3 is 0 Å². The van der Waals surface area contributed by atoms with Crippen LogP contribution in [0.2, 0.25) is 0 Å². The zero-order valence-corrected chi connectivity index (χ0v) is 6.12. The van der Waals surface area contributed by atoms with Crippen LogP contribution in [0.3, 0.4) is 0 Å². The lowest BCUT2D eigenvalue weighted by Gasteiger charge is -2.11. The summed E-state index contributed by atoms with van der Waals surface area (Å²) in [6.45, 7) is 2.11. The molecule has 0 unspecified atom stereocenters. The SMILES string of the molecule is CC1=N[C@H]2C=CC=C[C@@H]2C1. The van der Waals surface area contributed by atoms with Crippen molar-refractivity contribution in [3.05, 3.63) is 24.3 Å². The van der Waals surface area contributed by atoms with E-state index < -0.39 is 0 Å². The first-order valence-corrected chi connectivity index (χ1v) is 3.74. The first-order chi connectivity index (χ1) is 4.86. The second-order valence-corrected chi connectivity index (χ2v) is 2.99. The highest BCUT2D eigenvalue weighted by molar-refractivity contribution is 5.84. The molecule has 0 saturated carbocycles. The van der Waals surface area contributed by atoms with Crippen molar-refractivity contribution >= 4 is 5.71 Å². The lowest BCUT2D eigenvalue weighted by molar-refractivity contribution is 0.637. The summed E-state index contributed by atoms with van der Waals surface area (Å²) in [5, 5.41) is 0. The highest BCUT2D eigenvalue weighted by Gasteiger charge is 2.23. The first kappa shape index (κ1) is 5.90. The molecular weight excluding hydrogens is 122 g/mol. The number of fused-ring (bicyclic) bond motifs is 1. The van der Waals surface area contributed by atoms with Crippen molar-refractivity contribution in [2.24, 2.45) is 10.9 Å². The predicted octanol–water partition coefficient (Wildman–Crippen LogP) is 1.96. The van der Waals surface area contributed by atoms with Crippen LogP contribution >= 0.6 is 0 Å². The fourth-order valence-corrected chi connectivity index (χ4v) is 1.62. The monoisotopic (exact) mass is 133 g/mol. The third kappa shape index (κ3) is 0.821. The molecule has 0 N–H and O–H groups in total. The molecule has 52 valence electrons. The van der Waals surface area contributed by atoms with E-state index in [4.69, 9.17) is 0 Å². The second kappa shape index (κ2) is 2.08. The predicted molar refractivity (Wildman–Crippen MR) is 43.3 cm³/mol. The largest absolute Gasteiger partial charge is 0.286 e. The van der Waals surface area contributed by atoms with Gasteiger partial charge in [0.15, 0.2) is 0 Å². The van der Waals surface area contributed by atoms with Crippen molar-refractivity contribution in [2.45, 2.75) is 19.4 Å². The van der Waals surface area contributed by atoms with Gasteiger partial charge in [-0.25, -0.2) is 0 Å². The maximum absolute atomic E-state index is 4.49. The van der Waals surface area contributed by atoms with Crippen molar-refractivity contribution in [2.75, 3.05) is 0 Å². The molecule has 0 aromatic rings. The summed E-state index contributed by atoms with van der Waals surface area (Å²) in [6.07, 6.45) is 9.80. The van der Waals surface area contributed by atoms with Crippen LogP contribution in [0.4, 0.5) is 0 Å². The topological polar surface area (TPSA) is 12.4 Å². The van der Waals surface area contributed by atoms with E-state index >= 15 is 0 Å². The van der Waals surface area contributed by atoms with E-state index in [9.17, 15) is 0 Å². The number of rotatable bonds is 0. The average molecular weight is 133 g/mol. The Morgan fingerprint density at radius 1 is 1.40 bits per heavy atom. The molecule has 1 aliphatic heterocycles. The van der Waals surface area contributed by atoms with Crippen LogP contribution in [0, 0.1) is 5.92 Å². The summed E-state index contributed by atoms with van der Waals surface area (Å²) >= 11 is 0. The lowest BCUT2D eigenvalue weighted by atomic mass is 9.95. The molecule has 1 nitrogen and oxygen atoms in total. The Balaban J connectivity index is 2.24. The van der Waals surface area contributed by atoms with Gasteiger partial charge in [-0.05, 0) is 13.3 Å². The van der Waals surface area contributed by atoms with Crippen molar-refractivity contribution in [1.29, 1.82) is 0 Å². The van der Waals surface area contributed by atoms with Crippen LogP contribution in [-0.4, -0.2) is 11.8 Å². The summed E-state index contributed by atoms with van der Waals surface area (Å²) in [6, 6.07) is 0.463. The molecule has 1 heterocycles. The van der Waals surface area contributed by atoms with Gasteiger partial charge in [0.25, 0.3) is 0 Å². The Morgan fingerprint density at radius 3 is 3.00 bits per heavy atom. The number of nitrogens with zero attached hydrogens (tertiary/aromatic N) is 1. The quantitative estimate of drug-likeness (QED) is 0.479. The average Bonchev–Trinajstić information content (AvgIpc) is 2.27. The molecule has 0 radical (unpaired) electrons. The molecule has 2 atom stereocenters. The number of hydrogen-bond donors (Lipinski definition) is 0. The van der Waals surface area contributed by atoms with Crippen LogP contribution < -0.4 is 0 Å². The molecule has 0 spiro atoms. The van der Waals surface area contributed by atoms with Gasteiger partial charge in [0.2, 0.25) is 0 Å². The molecule has 0 aromatic heterocycles. The Kier molecular flexibility index (Phi) is 1.23. The van der Waals surface area contributed by atoms with Gasteiger partial charge in [-0.1, -0.05) is 24.3 Å². The van der Waals surface area contributed by atoms with Gasteiger partial charge < -0.3 is 0 Å².